The van der Waals surface area contributed by atoms with Gasteiger partial charge in [-0.3, -0.25) is 0 Å². The lowest BCUT2D eigenvalue weighted by molar-refractivity contribution is 0.399. The van der Waals surface area contributed by atoms with Crippen LogP contribution in [0.2, 0.25) is 0 Å². The van der Waals surface area contributed by atoms with Crippen molar-refractivity contribution in [3.05, 3.63) is 58.8 Å². The fourth-order valence-electron chi connectivity index (χ4n) is 2.77. The van der Waals surface area contributed by atoms with Crippen molar-refractivity contribution in [3.63, 3.8) is 0 Å². The lowest BCUT2D eigenvalue weighted by Crippen LogP contribution is -2.04. The van der Waals surface area contributed by atoms with Crippen molar-refractivity contribution in [1.29, 1.82) is 0 Å². The van der Waals surface area contributed by atoms with E-state index in [1.54, 1.807) is 11.3 Å². The fourth-order valence-corrected chi connectivity index (χ4v) is 3.41. The second-order valence-corrected chi connectivity index (χ2v) is 6.76. The van der Waals surface area contributed by atoms with Gasteiger partial charge in [0.15, 0.2) is 0 Å². The number of aryl methyl sites for hydroxylation is 1. The van der Waals surface area contributed by atoms with Gasteiger partial charge in [0.2, 0.25) is 11.7 Å². The van der Waals surface area contributed by atoms with E-state index in [1.165, 1.54) is 4.80 Å². The zero-order valence-corrected chi connectivity index (χ0v) is 15.5. The minimum atomic E-state index is 0.217. The summed E-state index contributed by atoms with van der Waals surface area (Å²) in [5.74, 6) is 1.87. The molecule has 0 aliphatic rings. The molecule has 4 heterocycles. The number of aromatic nitrogens is 7. The normalized spacial score (nSPS) is 11.2. The minimum Gasteiger partial charge on any atom is -0.418 e. The number of tetrazole rings is 1. The minimum absolute atomic E-state index is 0.217. The van der Waals surface area contributed by atoms with Gasteiger partial charge in [-0.05, 0) is 23.6 Å². The molecule has 0 spiro atoms. The Bertz CT molecular complexity index is 1210. The highest BCUT2D eigenvalue weighted by Gasteiger charge is 2.22. The zero-order chi connectivity index (χ0) is 18.9. The van der Waals surface area contributed by atoms with Crippen molar-refractivity contribution < 1.29 is 8.94 Å². The van der Waals surface area contributed by atoms with Crippen LogP contribution in [-0.2, 0) is 6.54 Å². The Hall–Kier alpha value is -3.66. The van der Waals surface area contributed by atoms with Crippen LogP contribution in [0.25, 0.3) is 34.1 Å². The van der Waals surface area contributed by atoms with Crippen LogP contribution in [0.1, 0.15) is 11.7 Å². The van der Waals surface area contributed by atoms with E-state index in [0.717, 1.165) is 11.1 Å². The van der Waals surface area contributed by atoms with E-state index in [0.29, 0.717) is 34.6 Å². The molecule has 5 aromatic rings. The third-order valence-electron chi connectivity index (χ3n) is 4.10. The second kappa shape index (κ2) is 6.82. The summed E-state index contributed by atoms with van der Waals surface area (Å²) in [5.41, 5.74) is 3.17. The first-order valence-corrected chi connectivity index (χ1v) is 9.37. The summed E-state index contributed by atoms with van der Waals surface area (Å²) >= 11 is 1.58. The van der Waals surface area contributed by atoms with Crippen LogP contribution >= 0.6 is 11.3 Å². The SMILES string of the molecule is Cc1onc(-c2ccccc2)c1-c1nnc(Cn2nnc(-c3ccsc3)n2)o1. The van der Waals surface area contributed by atoms with E-state index in [1.807, 2.05) is 54.1 Å². The maximum Gasteiger partial charge on any atom is 0.253 e. The molecule has 138 valence electrons. The number of hydrogen-bond donors (Lipinski definition) is 0. The number of thiophene rings is 1. The van der Waals surface area contributed by atoms with E-state index in [4.69, 9.17) is 8.94 Å². The molecule has 0 saturated carbocycles. The molecule has 0 unspecified atom stereocenters. The first kappa shape index (κ1) is 16.5. The largest absolute Gasteiger partial charge is 0.418 e. The molecular formula is C18H13N7O2S. The van der Waals surface area contributed by atoms with Crippen LogP contribution in [0.15, 0.2) is 56.1 Å². The van der Waals surface area contributed by atoms with Gasteiger partial charge in [-0.25, -0.2) is 0 Å². The molecule has 0 radical (unpaired) electrons. The molecule has 0 bridgehead atoms. The predicted octanol–water partition coefficient (Wildman–Crippen LogP) is 3.46. The maximum atomic E-state index is 5.83. The molecule has 0 amide bonds. The molecule has 1 aromatic carbocycles. The highest BCUT2D eigenvalue weighted by atomic mass is 32.1. The first-order chi connectivity index (χ1) is 13.8. The second-order valence-electron chi connectivity index (χ2n) is 5.98. The summed E-state index contributed by atoms with van der Waals surface area (Å²) in [6.45, 7) is 2.03. The number of rotatable bonds is 5. The van der Waals surface area contributed by atoms with Crippen LogP contribution in [0.3, 0.4) is 0 Å². The zero-order valence-electron chi connectivity index (χ0n) is 14.7. The van der Waals surface area contributed by atoms with Gasteiger partial charge in [0.05, 0.1) is 0 Å². The van der Waals surface area contributed by atoms with Crippen molar-refractivity contribution in [2.24, 2.45) is 0 Å². The molecule has 28 heavy (non-hydrogen) atoms. The molecule has 9 nitrogen and oxygen atoms in total. The Morgan fingerprint density at radius 1 is 1.04 bits per heavy atom. The van der Waals surface area contributed by atoms with E-state index in [9.17, 15) is 0 Å². The van der Waals surface area contributed by atoms with Gasteiger partial charge in [0, 0.05) is 16.5 Å². The van der Waals surface area contributed by atoms with Gasteiger partial charge in [0.25, 0.3) is 5.89 Å². The van der Waals surface area contributed by atoms with E-state index in [2.05, 4.69) is 30.8 Å². The topological polar surface area (TPSA) is 109 Å². The van der Waals surface area contributed by atoms with Crippen molar-refractivity contribution in [1.82, 2.24) is 35.6 Å². The third kappa shape index (κ3) is 2.99. The Labute approximate surface area is 162 Å². The lowest BCUT2D eigenvalue weighted by atomic mass is 10.1. The summed E-state index contributed by atoms with van der Waals surface area (Å²) in [4.78, 5) is 1.42. The third-order valence-corrected chi connectivity index (χ3v) is 4.78. The highest BCUT2D eigenvalue weighted by molar-refractivity contribution is 7.08. The average molecular weight is 391 g/mol. The lowest BCUT2D eigenvalue weighted by Gasteiger charge is -1.98. The molecule has 0 fully saturated rings. The first-order valence-electron chi connectivity index (χ1n) is 8.43. The molecule has 0 atom stereocenters. The highest BCUT2D eigenvalue weighted by Crippen LogP contribution is 2.33. The molecule has 0 aliphatic carbocycles. The average Bonchev–Trinajstić information content (AvgIpc) is 3.50. The summed E-state index contributed by atoms with van der Waals surface area (Å²) in [7, 11) is 0. The summed E-state index contributed by atoms with van der Waals surface area (Å²) < 4.78 is 11.2. The monoisotopic (exact) mass is 391 g/mol. The van der Waals surface area contributed by atoms with Gasteiger partial charge in [-0.2, -0.15) is 16.1 Å². The van der Waals surface area contributed by atoms with Crippen molar-refractivity contribution in [2.45, 2.75) is 13.5 Å². The van der Waals surface area contributed by atoms with Crippen LogP contribution < -0.4 is 0 Å². The van der Waals surface area contributed by atoms with E-state index in [-0.39, 0.29) is 6.54 Å². The molecule has 10 heteroatoms. The number of hydrogen-bond acceptors (Lipinski definition) is 9. The van der Waals surface area contributed by atoms with E-state index < -0.39 is 0 Å². The van der Waals surface area contributed by atoms with Crippen molar-refractivity contribution in [3.8, 4) is 34.1 Å². The van der Waals surface area contributed by atoms with Gasteiger partial charge >= 0.3 is 0 Å². The van der Waals surface area contributed by atoms with Crippen molar-refractivity contribution >= 4 is 11.3 Å². The summed E-state index contributed by atoms with van der Waals surface area (Å²) in [6, 6.07) is 11.6. The van der Waals surface area contributed by atoms with Crippen LogP contribution in [0.5, 0.6) is 0 Å². The number of benzene rings is 1. The summed E-state index contributed by atoms with van der Waals surface area (Å²) in [6.07, 6.45) is 0. The molecule has 4 aromatic heterocycles. The molecule has 0 N–H and O–H groups in total. The van der Waals surface area contributed by atoms with Gasteiger partial charge in [-0.1, -0.05) is 35.5 Å². The molecule has 5 rings (SSSR count). The van der Waals surface area contributed by atoms with Crippen LogP contribution in [-0.4, -0.2) is 35.6 Å². The number of nitrogens with zero attached hydrogens (tertiary/aromatic N) is 7. The van der Waals surface area contributed by atoms with Gasteiger partial charge < -0.3 is 8.94 Å². The van der Waals surface area contributed by atoms with Crippen molar-refractivity contribution in [2.75, 3.05) is 0 Å². The van der Waals surface area contributed by atoms with Gasteiger partial charge in [-0.15, -0.1) is 20.4 Å². The molecular weight excluding hydrogens is 378 g/mol. The molecule has 0 aliphatic heterocycles. The Morgan fingerprint density at radius 3 is 2.75 bits per heavy atom. The summed E-state index contributed by atoms with van der Waals surface area (Å²) in [5, 5.41) is 28.8. The predicted molar refractivity (Wildman–Crippen MR) is 100 cm³/mol. The standard InChI is InChI=1S/C18H13N7O2S/c1-11-15(16(23-27-11)12-5-3-2-4-6-12)18-21-19-14(26-18)9-25-22-17(20-24-25)13-7-8-28-10-13/h2-8,10H,9H2,1H3. The Balaban J connectivity index is 1.43. The van der Waals surface area contributed by atoms with Crippen LogP contribution in [0.4, 0.5) is 0 Å². The fraction of sp³-hybridized carbons (Fsp3) is 0.111. The Morgan fingerprint density at radius 2 is 1.93 bits per heavy atom. The Kier molecular flexibility index (Phi) is 4.02. The van der Waals surface area contributed by atoms with E-state index >= 15 is 0 Å². The van der Waals surface area contributed by atoms with Gasteiger partial charge in [0.1, 0.15) is 23.6 Å². The molecule has 0 saturated heterocycles. The smallest absolute Gasteiger partial charge is 0.253 e. The van der Waals surface area contributed by atoms with Crippen LogP contribution in [0, 0.1) is 6.92 Å². The maximum absolute atomic E-state index is 5.83. The quantitative estimate of drug-likeness (QED) is 0.448.